The normalized spacial score (nSPS) is 15.1. The van der Waals surface area contributed by atoms with Gasteiger partial charge in [-0.15, -0.1) is 0 Å². The zero-order valence-corrected chi connectivity index (χ0v) is 10.5. The molecule has 1 heterocycles. The highest BCUT2D eigenvalue weighted by molar-refractivity contribution is 9.10. The molecule has 1 aliphatic carbocycles. The van der Waals surface area contributed by atoms with E-state index >= 15 is 0 Å². The van der Waals surface area contributed by atoms with Gasteiger partial charge in [0.1, 0.15) is 16.2 Å². The first kappa shape index (κ1) is 10.9. The van der Waals surface area contributed by atoms with Crippen LogP contribution in [-0.2, 0) is 0 Å². The molecule has 0 saturated heterocycles. The molecular formula is C10H11BrClN3. The van der Waals surface area contributed by atoms with E-state index in [1.54, 1.807) is 0 Å². The predicted molar refractivity (Wildman–Crippen MR) is 65.2 cm³/mol. The Kier molecular flexibility index (Phi) is 3.26. The molecule has 0 bridgehead atoms. The fourth-order valence-corrected chi connectivity index (χ4v) is 1.70. The lowest BCUT2D eigenvalue weighted by Gasteiger charge is -2.06. The Morgan fingerprint density at radius 1 is 1.60 bits per heavy atom. The van der Waals surface area contributed by atoms with Crippen LogP contribution < -0.4 is 5.32 Å². The van der Waals surface area contributed by atoms with Crippen LogP contribution in [0.4, 0.5) is 5.82 Å². The molecule has 2 rings (SSSR count). The maximum absolute atomic E-state index is 5.67. The number of nitrogens with zero attached hydrogens (tertiary/aromatic N) is 2. The van der Waals surface area contributed by atoms with E-state index in [2.05, 4.69) is 37.8 Å². The summed E-state index contributed by atoms with van der Waals surface area (Å²) in [7, 11) is 0. The van der Waals surface area contributed by atoms with Gasteiger partial charge in [-0.2, -0.15) is 0 Å². The summed E-state index contributed by atoms with van der Waals surface area (Å²) in [5, 5.41) is 3.66. The number of halogens is 2. The van der Waals surface area contributed by atoms with Crippen molar-refractivity contribution in [3.05, 3.63) is 28.1 Å². The van der Waals surface area contributed by atoms with Crippen LogP contribution in [0.1, 0.15) is 24.6 Å². The lowest BCUT2D eigenvalue weighted by atomic mass is 10.4. The standard InChI is InChI=1S/C10H11BrClN3/c1-6(12)5-13-9-4-8(11)14-10(15-9)7-2-3-7/h4,7H,1-3,5H2,(H,13,14,15). The van der Waals surface area contributed by atoms with Crippen LogP contribution in [0.2, 0.25) is 0 Å². The van der Waals surface area contributed by atoms with Crippen molar-refractivity contribution in [3.8, 4) is 0 Å². The van der Waals surface area contributed by atoms with Crippen LogP contribution >= 0.6 is 27.5 Å². The molecule has 1 fully saturated rings. The van der Waals surface area contributed by atoms with Crippen molar-refractivity contribution in [2.75, 3.05) is 11.9 Å². The van der Waals surface area contributed by atoms with E-state index < -0.39 is 0 Å². The van der Waals surface area contributed by atoms with E-state index in [-0.39, 0.29) is 0 Å². The fourth-order valence-electron chi connectivity index (χ4n) is 1.24. The zero-order chi connectivity index (χ0) is 10.8. The summed E-state index contributed by atoms with van der Waals surface area (Å²) in [5.74, 6) is 2.25. The molecule has 3 nitrogen and oxygen atoms in total. The van der Waals surface area contributed by atoms with E-state index in [0.717, 1.165) is 16.2 Å². The van der Waals surface area contributed by atoms with E-state index in [9.17, 15) is 0 Å². The molecule has 1 N–H and O–H groups in total. The number of hydrogen-bond acceptors (Lipinski definition) is 3. The minimum Gasteiger partial charge on any atom is -0.365 e. The van der Waals surface area contributed by atoms with Crippen molar-refractivity contribution < 1.29 is 0 Å². The number of rotatable bonds is 4. The van der Waals surface area contributed by atoms with Crippen LogP contribution in [0.15, 0.2) is 22.3 Å². The highest BCUT2D eigenvalue weighted by atomic mass is 79.9. The molecule has 0 aliphatic heterocycles. The van der Waals surface area contributed by atoms with Crippen molar-refractivity contribution in [1.29, 1.82) is 0 Å². The number of aromatic nitrogens is 2. The Hall–Kier alpha value is -0.610. The first-order chi connectivity index (χ1) is 7.15. The molecule has 15 heavy (non-hydrogen) atoms. The van der Waals surface area contributed by atoms with Crippen LogP contribution in [0.5, 0.6) is 0 Å². The molecule has 0 amide bonds. The van der Waals surface area contributed by atoms with Crippen LogP contribution in [-0.4, -0.2) is 16.5 Å². The Morgan fingerprint density at radius 3 is 2.93 bits per heavy atom. The summed E-state index contributed by atoms with van der Waals surface area (Å²) in [6.45, 7) is 4.13. The van der Waals surface area contributed by atoms with Crippen molar-refractivity contribution >= 4 is 33.3 Å². The molecule has 1 saturated carbocycles. The van der Waals surface area contributed by atoms with Gasteiger partial charge in [0.15, 0.2) is 0 Å². The Labute approximate surface area is 102 Å². The number of hydrogen-bond donors (Lipinski definition) is 1. The first-order valence-electron chi connectivity index (χ1n) is 4.77. The van der Waals surface area contributed by atoms with Crippen molar-refractivity contribution in [1.82, 2.24) is 9.97 Å². The van der Waals surface area contributed by atoms with Gasteiger partial charge in [0.05, 0.1) is 6.54 Å². The zero-order valence-electron chi connectivity index (χ0n) is 8.13. The van der Waals surface area contributed by atoms with Gasteiger partial charge in [-0.25, -0.2) is 9.97 Å². The van der Waals surface area contributed by atoms with Gasteiger partial charge in [0.25, 0.3) is 0 Å². The molecule has 0 atom stereocenters. The Balaban J connectivity index is 2.12. The maximum atomic E-state index is 5.67. The van der Waals surface area contributed by atoms with Gasteiger partial charge < -0.3 is 5.32 Å². The van der Waals surface area contributed by atoms with Gasteiger partial charge in [0.2, 0.25) is 0 Å². The third-order valence-corrected chi connectivity index (χ3v) is 2.66. The molecule has 5 heteroatoms. The summed E-state index contributed by atoms with van der Waals surface area (Å²) in [6, 6.07) is 1.84. The summed E-state index contributed by atoms with van der Waals surface area (Å²) >= 11 is 9.04. The highest BCUT2D eigenvalue weighted by Crippen LogP contribution is 2.38. The average Bonchev–Trinajstić information content (AvgIpc) is 2.97. The van der Waals surface area contributed by atoms with Gasteiger partial charge >= 0.3 is 0 Å². The molecule has 0 spiro atoms. The summed E-state index contributed by atoms with van der Waals surface area (Å²) in [5.41, 5.74) is 0. The quantitative estimate of drug-likeness (QED) is 0.864. The predicted octanol–water partition coefficient (Wildman–Crippen LogP) is 3.28. The third-order valence-electron chi connectivity index (χ3n) is 2.12. The molecule has 1 aromatic rings. The molecule has 1 aromatic heterocycles. The first-order valence-corrected chi connectivity index (χ1v) is 5.94. The van der Waals surface area contributed by atoms with Crippen molar-refractivity contribution in [3.63, 3.8) is 0 Å². The van der Waals surface area contributed by atoms with Crippen molar-refractivity contribution in [2.24, 2.45) is 0 Å². The molecule has 0 aromatic carbocycles. The summed E-state index contributed by atoms with van der Waals surface area (Å²) in [4.78, 5) is 8.75. The Morgan fingerprint density at radius 2 is 2.33 bits per heavy atom. The van der Waals surface area contributed by atoms with Crippen LogP contribution in [0.3, 0.4) is 0 Å². The van der Waals surface area contributed by atoms with Crippen LogP contribution in [0, 0.1) is 0 Å². The monoisotopic (exact) mass is 287 g/mol. The summed E-state index contributed by atoms with van der Waals surface area (Å²) < 4.78 is 0.807. The fraction of sp³-hybridized carbons (Fsp3) is 0.400. The summed E-state index contributed by atoms with van der Waals surface area (Å²) in [6.07, 6.45) is 2.39. The average molecular weight is 289 g/mol. The molecule has 0 unspecified atom stereocenters. The number of anilines is 1. The van der Waals surface area contributed by atoms with Gasteiger partial charge in [-0.3, -0.25) is 0 Å². The minimum atomic E-state index is 0.523. The molecular weight excluding hydrogens is 277 g/mol. The van der Waals surface area contributed by atoms with Gasteiger partial charge in [-0.05, 0) is 28.8 Å². The maximum Gasteiger partial charge on any atom is 0.135 e. The van der Waals surface area contributed by atoms with Crippen LogP contribution in [0.25, 0.3) is 0 Å². The molecule has 80 valence electrons. The molecule has 1 aliphatic rings. The number of nitrogens with one attached hydrogen (secondary N) is 1. The largest absolute Gasteiger partial charge is 0.365 e. The lowest BCUT2D eigenvalue weighted by molar-refractivity contribution is 0.915. The Bertz CT molecular complexity index is 390. The highest BCUT2D eigenvalue weighted by Gasteiger charge is 2.27. The third kappa shape index (κ3) is 3.18. The minimum absolute atomic E-state index is 0.523. The van der Waals surface area contributed by atoms with E-state index in [1.807, 2.05) is 6.07 Å². The van der Waals surface area contributed by atoms with Crippen molar-refractivity contribution in [2.45, 2.75) is 18.8 Å². The second-order valence-electron chi connectivity index (χ2n) is 3.58. The van der Waals surface area contributed by atoms with Gasteiger partial charge in [0, 0.05) is 17.0 Å². The van der Waals surface area contributed by atoms with Gasteiger partial charge in [-0.1, -0.05) is 18.2 Å². The van der Waals surface area contributed by atoms with E-state index in [1.165, 1.54) is 12.8 Å². The van der Waals surface area contributed by atoms with E-state index in [4.69, 9.17) is 11.6 Å². The van der Waals surface area contributed by atoms with E-state index in [0.29, 0.717) is 17.5 Å². The lowest BCUT2D eigenvalue weighted by Crippen LogP contribution is -2.05. The second kappa shape index (κ2) is 4.49. The topological polar surface area (TPSA) is 37.8 Å². The smallest absolute Gasteiger partial charge is 0.135 e. The molecule has 0 radical (unpaired) electrons. The second-order valence-corrected chi connectivity index (χ2v) is 4.93. The SMILES string of the molecule is C=C(Cl)CNc1cc(Br)nc(C2CC2)n1.